The maximum absolute atomic E-state index is 13.5. The van der Waals surface area contributed by atoms with Crippen LogP contribution in [0, 0.1) is 5.82 Å². The van der Waals surface area contributed by atoms with E-state index in [4.69, 9.17) is 4.74 Å². The van der Waals surface area contributed by atoms with Gasteiger partial charge in [-0.3, -0.25) is 9.69 Å². The number of likely N-dealkylation sites (N-methyl/N-ethyl adjacent to an activating group) is 1. The number of hydrogen-bond acceptors (Lipinski definition) is 3. The number of amides is 1. The highest BCUT2D eigenvalue weighted by Gasteiger charge is 2.12. The molecule has 4 nitrogen and oxygen atoms in total. The van der Waals surface area contributed by atoms with Crippen LogP contribution >= 0.6 is 0 Å². The van der Waals surface area contributed by atoms with Crippen LogP contribution in [0.1, 0.15) is 24.8 Å². The van der Waals surface area contributed by atoms with E-state index in [0.29, 0.717) is 25.6 Å². The fourth-order valence-corrected chi connectivity index (χ4v) is 2.71. The number of rotatable bonds is 10. The summed E-state index contributed by atoms with van der Waals surface area (Å²) in [7, 11) is 1.85. The number of hydrogen-bond donors (Lipinski definition) is 1. The zero-order valence-corrected chi connectivity index (χ0v) is 15.5. The molecule has 0 saturated heterocycles. The standard InChI is InChI=1S/C21H27FN2O2/c1-3-17(18-9-5-4-6-10-18)15-23-21(25)16-24(2)13-14-26-20-12-8-7-11-19(20)22/h4-12,17H,3,13-16H2,1-2H3,(H,23,25). The van der Waals surface area contributed by atoms with Crippen molar-refractivity contribution in [3.63, 3.8) is 0 Å². The molecule has 5 heteroatoms. The predicted octanol–water partition coefficient (Wildman–Crippen LogP) is 3.45. The van der Waals surface area contributed by atoms with Crippen LogP contribution in [-0.2, 0) is 4.79 Å². The lowest BCUT2D eigenvalue weighted by Gasteiger charge is -2.19. The van der Waals surface area contributed by atoms with E-state index in [1.807, 2.05) is 30.1 Å². The molecule has 0 saturated carbocycles. The van der Waals surface area contributed by atoms with E-state index in [1.54, 1.807) is 18.2 Å². The molecule has 2 aromatic rings. The van der Waals surface area contributed by atoms with Crippen molar-refractivity contribution in [2.24, 2.45) is 0 Å². The van der Waals surface area contributed by atoms with Crippen molar-refractivity contribution in [1.82, 2.24) is 10.2 Å². The van der Waals surface area contributed by atoms with Gasteiger partial charge in [0.15, 0.2) is 11.6 Å². The summed E-state index contributed by atoms with van der Waals surface area (Å²) in [4.78, 5) is 14.0. The van der Waals surface area contributed by atoms with E-state index in [2.05, 4.69) is 24.4 Å². The Kier molecular flexibility index (Phi) is 8.09. The number of ether oxygens (including phenoxy) is 1. The van der Waals surface area contributed by atoms with Crippen molar-refractivity contribution < 1.29 is 13.9 Å². The molecule has 0 aliphatic heterocycles. The number of nitrogens with zero attached hydrogens (tertiary/aromatic N) is 1. The number of nitrogens with one attached hydrogen (secondary N) is 1. The Labute approximate surface area is 155 Å². The fraction of sp³-hybridized carbons (Fsp3) is 0.381. The Balaban J connectivity index is 1.69. The van der Waals surface area contributed by atoms with Gasteiger partial charge in [-0.05, 0) is 31.2 Å². The number of para-hydroxylation sites is 1. The minimum absolute atomic E-state index is 0.0206. The number of carbonyl (C=O) groups excluding carboxylic acids is 1. The molecule has 140 valence electrons. The largest absolute Gasteiger partial charge is 0.489 e. The third-order valence-corrected chi connectivity index (χ3v) is 4.29. The molecule has 0 fully saturated rings. The maximum atomic E-state index is 13.5. The SMILES string of the molecule is CCC(CNC(=O)CN(C)CCOc1ccccc1F)c1ccccc1. The van der Waals surface area contributed by atoms with Crippen LogP contribution in [0.15, 0.2) is 54.6 Å². The Morgan fingerprint density at radius 1 is 1.15 bits per heavy atom. The van der Waals surface area contributed by atoms with Gasteiger partial charge in [0.2, 0.25) is 5.91 Å². The topological polar surface area (TPSA) is 41.6 Å². The molecule has 0 heterocycles. The molecule has 2 aromatic carbocycles. The van der Waals surface area contributed by atoms with Gasteiger partial charge in [0.1, 0.15) is 6.61 Å². The molecule has 0 spiro atoms. The third kappa shape index (κ3) is 6.48. The molecule has 26 heavy (non-hydrogen) atoms. The Morgan fingerprint density at radius 3 is 2.54 bits per heavy atom. The smallest absolute Gasteiger partial charge is 0.234 e. The Bertz CT molecular complexity index is 679. The van der Waals surface area contributed by atoms with Crippen LogP contribution in [0.2, 0.25) is 0 Å². The van der Waals surface area contributed by atoms with Gasteiger partial charge in [-0.2, -0.15) is 0 Å². The molecule has 1 amide bonds. The monoisotopic (exact) mass is 358 g/mol. The van der Waals surface area contributed by atoms with Gasteiger partial charge in [0, 0.05) is 19.0 Å². The third-order valence-electron chi connectivity index (χ3n) is 4.29. The number of benzene rings is 2. The second-order valence-electron chi connectivity index (χ2n) is 6.34. The molecule has 0 radical (unpaired) electrons. The van der Waals surface area contributed by atoms with E-state index >= 15 is 0 Å². The summed E-state index contributed by atoms with van der Waals surface area (Å²) in [6.45, 7) is 3.89. The zero-order valence-electron chi connectivity index (χ0n) is 15.5. The predicted molar refractivity (Wildman–Crippen MR) is 102 cm³/mol. The molecule has 0 aromatic heterocycles. The van der Waals surface area contributed by atoms with Crippen LogP contribution in [0.4, 0.5) is 4.39 Å². The van der Waals surface area contributed by atoms with Crippen LogP contribution < -0.4 is 10.1 Å². The minimum Gasteiger partial charge on any atom is -0.489 e. The average Bonchev–Trinajstić information content (AvgIpc) is 2.64. The van der Waals surface area contributed by atoms with Gasteiger partial charge < -0.3 is 10.1 Å². The quantitative estimate of drug-likeness (QED) is 0.707. The van der Waals surface area contributed by atoms with Gasteiger partial charge in [0.05, 0.1) is 6.54 Å². The Morgan fingerprint density at radius 2 is 1.85 bits per heavy atom. The highest BCUT2D eigenvalue weighted by atomic mass is 19.1. The number of carbonyl (C=O) groups is 1. The maximum Gasteiger partial charge on any atom is 0.234 e. The first kappa shape index (κ1) is 19.9. The lowest BCUT2D eigenvalue weighted by Crippen LogP contribution is -2.38. The second-order valence-corrected chi connectivity index (χ2v) is 6.34. The highest BCUT2D eigenvalue weighted by Crippen LogP contribution is 2.18. The number of halogens is 1. The van der Waals surface area contributed by atoms with E-state index < -0.39 is 0 Å². The van der Waals surface area contributed by atoms with Crippen molar-refractivity contribution in [3.8, 4) is 5.75 Å². The molecular formula is C21H27FN2O2. The first-order valence-electron chi connectivity index (χ1n) is 8.97. The van der Waals surface area contributed by atoms with E-state index in [1.165, 1.54) is 11.6 Å². The summed E-state index contributed by atoms with van der Waals surface area (Å²) in [6, 6.07) is 16.5. The van der Waals surface area contributed by atoms with Crippen molar-refractivity contribution in [1.29, 1.82) is 0 Å². The molecular weight excluding hydrogens is 331 g/mol. The lowest BCUT2D eigenvalue weighted by molar-refractivity contribution is -0.122. The van der Waals surface area contributed by atoms with Gasteiger partial charge in [0.25, 0.3) is 0 Å². The molecule has 1 atom stereocenters. The lowest BCUT2D eigenvalue weighted by atomic mass is 9.96. The summed E-state index contributed by atoms with van der Waals surface area (Å²) in [5.41, 5.74) is 1.24. The van der Waals surface area contributed by atoms with Crippen molar-refractivity contribution in [2.45, 2.75) is 19.3 Å². The first-order valence-corrected chi connectivity index (χ1v) is 8.97. The molecule has 0 aliphatic carbocycles. The van der Waals surface area contributed by atoms with Crippen molar-refractivity contribution in [3.05, 3.63) is 66.0 Å². The summed E-state index contributed by atoms with van der Waals surface area (Å²) >= 11 is 0. The van der Waals surface area contributed by atoms with E-state index in [0.717, 1.165) is 6.42 Å². The van der Waals surface area contributed by atoms with Crippen LogP contribution in [0.3, 0.4) is 0 Å². The Hall–Kier alpha value is -2.40. The highest BCUT2D eigenvalue weighted by molar-refractivity contribution is 5.78. The molecule has 1 unspecified atom stereocenters. The van der Waals surface area contributed by atoms with Crippen molar-refractivity contribution >= 4 is 5.91 Å². The van der Waals surface area contributed by atoms with Gasteiger partial charge >= 0.3 is 0 Å². The van der Waals surface area contributed by atoms with Gasteiger partial charge in [-0.1, -0.05) is 49.4 Å². The van der Waals surface area contributed by atoms with Crippen LogP contribution in [-0.4, -0.2) is 44.1 Å². The van der Waals surface area contributed by atoms with Crippen LogP contribution in [0.5, 0.6) is 5.75 Å². The van der Waals surface area contributed by atoms with Gasteiger partial charge in [-0.25, -0.2) is 4.39 Å². The van der Waals surface area contributed by atoms with Crippen LogP contribution in [0.25, 0.3) is 0 Å². The molecule has 1 N–H and O–H groups in total. The molecule has 0 bridgehead atoms. The van der Waals surface area contributed by atoms with E-state index in [9.17, 15) is 9.18 Å². The normalized spacial score (nSPS) is 12.0. The molecule has 0 aliphatic rings. The summed E-state index contributed by atoms with van der Waals surface area (Å²) in [6.07, 6.45) is 0.969. The van der Waals surface area contributed by atoms with E-state index in [-0.39, 0.29) is 24.0 Å². The summed E-state index contributed by atoms with van der Waals surface area (Å²) < 4.78 is 18.9. The van der Waals surface area contributed by atoms with Gasteiger partial charge in [-0.15, -0.1) is 0 Å². The first-order chi connectivity index (χ1) is 12.6. The summed E-state index contributed by atoms with van der Waals surface area (Å²) in [5.74, 6) is 0.154. The fourth-order valence-electron chi connectivity index (χ4n) is 2.71. The average molecular weight is 358 g/mol. The minimum atomic E-state index is -0.376. The second kappa shape index (κ2) is 10.6. The zero-order chi connectivity index (χ0) is 18.8. The van der Waals surface area contributed by atoms with Crippen molar-refractivity contribution in [2.75, 3.05) is 33.3 Å². The summed E-state index contributed by atoms with van der Waals surface area (Å²) in [5, 5.41) is 3.00. The molecule has 2 rings (SSSR count).